The van der Waals surface area contributed by atoms with Crippen LogP contribution in [0.2, 0.25) is 0 Å². The Morgan fingerprint density at radius 3 is 2.53 bits per heavy atom. The number of oxime groups is 2. The Kier molecular flexibility index (Phi) is 7.19. The third-order valence-electron chi connectivity index (χ3n) is 4.15. The molecule has 0 aliphatic carbocycles. The lowest BCUT2D eigenvalue weighted by Crippen LogP contribution is -2.22. The molecule has 1 heterocycles. The molecule has 0 unspecified atom stereocenters. The number of nitrogens with zero attached hydrogens (tertiary/aromatic N) is 4. The maximum atomic E-state index is 12.9. The highest BCUT2D eigenvalue weighted by Gasteiger charge is 2.30. The topological polar surface area (TPSA) is 87.3 Å². The van der Waals surface area contributed by atoms with Gasteiger partial charge < -0.3 is 14.4 Å². The summed E-state index contributed by atoms with van der Waals surface area (Å²) in [5, 5.41) is 11.9. The molecule has 1 aromatic heterocycles. The zero-order valence-corrected chi connectivity index (χ0v) is 17.1. The molecule has 0 saturated heterocycles. The predicted molar refractivity (Wildman–Crippen MR) is 102 cm³/mol. The lowest BCUT2D eigenvalue weighted by molar-refractivity contribution is -0.137. The van der Waals surface area contributed by atoms with Crippen LogP contribution in [0.3, 0.4) is 0 Å². The molecule has 0 aliphatic rings. The molecule has 0 N–H and O–H groups in total. The standard InChI is InChI=1S/C19H21F3N4O4/c1-11(13-7-6-8-14(9-13)19(20,21)22)24-30-10-15-12(2)23-26(3)17(15)16(25-29-5)18(27)28-4/h6-9H,10H2,1-5H3. The second kappa shape index (κ2) is 9.42. The Morgan fingerprint density at radius 2 is 1.93 bits per heavy atom. The molecule has 162 valence electrons. The third-order valence-corrected chi connectivity index (χ3v) is 4.15. The fourth-order valence-corrected chi connectivity index (χ4v) is 2.70. The number of aryl methyl sites for hydroxylation is 2. The molecule has 1 aromatic carbocycles. The summed E-state index contributed by atoms with van der Waals surface area (Å²) in [6, 6.07) is 4.76. The van der Waals surface area contributed by atoms with Gasteiger partial charge in [0.25, 0.3) is 0 Å². The number of hydrogen-bond acceptors (Lipinski definition) is 7. The van der Waals surface area contributed by atoms with Gasteiger partial charge in [0.2, 0.25) is 5.71 Å². The maximum Gasteiger partial charge on any atom is 0.416 e. The number of ether oxygens (including phenoxy) is 1. The number of hydrogen-bond donors (Lipinski definition) is 0. The van der Waals surface area contributed by atoms with E-state index >= 15 is 0 Å². The molecule has 0 aliphatic heterocycles. The highest BCUT2D eigenvalue weighted by atomic mass is 19.4. The summed E-state index contributed by atoms with van der Waals surface area (Å²) < 4.78 is 44.8. The minimum absolute atomic E-state index is 0.106. The summed E-state index contributed by atoms with van der Waals surface area (Å²) in [6.45, 7) is 3.12. The SMILES string of the molecule is CON=C(C(=O)OC)c1c(CON=C(C)c2cccc(C(F)(F)F)c2)c(C)nn1C. The molecular formula is C19H21F3N4O4. The van der Waals surface area contributed by atoms with Gasteiger partial charge in [-0.1, -0.05) is 22.4 Å². The number of carbonyl (C=O) groups is 1. The molecule has 11 heteroatoms. The van der Waals surface area contributed by atoms with Crippen LogP contribution in [0.25, 0.3) is 0 Å². The predicted octanol–water partition coefficient (Wildman–Crippen LogP) is 3.21. The van der Waals surface area contributed by atoms with Crippen molar-refractivity contribution in [2.45, 2.75) is 26.6 Å². The zero-order valence-electron chi connectivity index (χ0n) is 17.1. The Bertz CT molecular complexity index is 981. The van der Waals surface area contributed by atoms with Gasteiger partial charge in [0.05, 0.1) is 24.1 Å². The fraction of sp³-hybridized carbons (Fsp3) is 0.368. The lowest BCUT2D eigenvalue weighted by Gasteiger charge is -2.09. The van der Waals surface area contributed by atoms with Crippen LogP contribution in [-0.4, -0.2) is 41.4 Å². The van der Waals surface area contributed by atoms with Crippen LogP contribution in [0.4, 0.5) is 13.2 Å². The Balaban J connectivity index is 2.28. The number of esters is 1. The smallest absolute Gasteiger partial charge is 0.416 e. The van der Waals surface area contributed by atoms with Crippen LogP contribution >= 0.6 is 0 Å². The lowest BCUT2D eigenvalue weighted by atomic mass is 10.1. The van der Waals surface area contributed by atoms with Crippen molar-refractivity contribution in [3.63, 3.8) is 0 Å². The van der Waals surface area contributed by atoms with E-state index in [0.717, 1.165) is 12.1 Å². The number of alkyl halides is 3. The molecule has 30 heavy (non-hydrogen) atoms. The van der Waals surface area contributed by atoms with Gasteiger partial charge in [-0.05, 0) is 31.5 Å². The Morgan fingerprint density at radius 1 is 1.23 bits per heavy atom. The number of methoxy groups -OCH3 is 1. The Hall–Kier alpha value is -3.37. The molecule has 0 amide bonds. The van der Waals surface area contributed by atoms with Crippen molar-refractivity contribution in [2.75, 3.05) is 14.2 Å². The quantitative estimate of drug-likeness (QED) is 0.386. The largest absolute Gasteiger partial charge is 0.464 e. The summed E-state index contributed by atoms with van der Waals surface area (Å²) in [5.74, 6) is -0.732. The van der Waals surface area contributed by atoms with E-state index in [4.69, 9.17) is 14.4 Å². The minimum Gasteiger partial charge on any atom is -0.464 e. The monoisotopic (exact) mass is 426 g/mol. The third kappa shape index (κ3) is 5.16. The van der Waals surface area contributed by atoms with Gasteiger partial charge >= 0.3 is 12.1 Å². The van der Waals surface area contributed by atoms with Crippen molar-refractivity contribution in [3.8, 4) is 0 Å². The first-order chi connectivity index (χ1) is 14.1. The molecule has 2 rings (SSSR count). The van der Waals surface area contributed by atoms with Crippen LogP contribution in [0, 0.1) is 6.92 Å². The fourth-order valence-electron chi connectivity index (χ4n) is 2.70. The van der Waals surface area contributed by atoms with Gasteiger partial charge in [0, 0.05) is 12.6 Å². The van der Waals surface area contributed by atoms with Gasteiger partial charge in [-0.25, -0.2) is 4.79 Å². The van der Waals surface area contributed by atoms with Crippen LogP contribution in [0.5, 0.6) is 0 Å². The van der Waals surface area contributed by atoms with E-state index in [1.807, 2.05) is 0 Å². The van der Waals surface area contributed by atoms with Crippen LogP contribution < -0.4 is 0 Å². The first kappa shape index (κ1) is 22.9. The van der Waals surface area contributed by atoms with Gasteiger partial charge in [0.1, 0.15) is 19.4 Å². The molecule has 0 fully saturated rings. The first-order valence-electron chi connectivity index (χ1n) is 8.66. The second-order valence-electron chi connectivity index (χ2n) is 6.18. The molecule has 0 spiro atoms. The summed E-state index contributed by atoms with van der Waals surface area (Å²) >= 11 is 0. The average Bonchev–Trinajstić information content (AvgIpc) is 2.98. The number of benzene rings is 1. The van der Waals surface area contributed by atoms with Gasteiger partial charge in [-0.3, -0.25) is 4.68 Å². The summed E-state index contributed by atoms with van der Waals surface area (Å²) in [7, 11) is 4.10. The van der Waals surface area contributed by atoms with E-state index in [2.05, 4.69) is 15.4 Å². The highest BCUT2D eigenvalue weighted by Crippen LogP contribution is 2.29. The van der Waals surface area contributed by atoms with Gasteiger partial charge in [-0.2, -0.15) is 18.3 Å². The van der Waals surface area contributed by atoms with Crippen molar-refractivity contribution in [3.05, 3.63) is 52.3 Å². The normalized spacial score (nSPS) is 12.7. The number of carbonyl (C=O) groups excluding carboxylic acids is 1. The van der Waals surface area contributed by atoms with Crippen LogP contribution in [0.15, 0.2) is 34.6 Å². The van der Waals surface area contributed by atoms with E-state index in [1.54, 1.807) is 14.0 Å². The minimum atomic E-state index is -4.45. The van der Waals surface area contributed by atoms with Crippen molar-refractivity contribution in [2.24, 2.45) is 17.4 Å². The number of aromatic nitrogens is 2. The zero-order chi connectivity index (χ0) is 22.5. The van der Waals surface area contributed by atoms with Crippen molar-refractivity contribution in [1.82, 2.24) is 9.78 Å². The highest BCUT2D eigenvalue weighted by molar-refractivity contribution is 6.43. The Labute approximate surface area is 170 Å². The molecule has 0 bridgehead atoms. The molecule has 0 radical (unpaired) electrons. The van der Waals surface area contributed by atoms with Gasteiger partial charge in [0.15, 0.2) is 0 Å². The van der Waals surface area contributed by atoms with Crippen molar-refractivity contribution < 1.29 is 32.4 Å². The van der Waals surface area contributed by atoms with E-state index in [9.17, 15) is 18.0 Å². The van der Waals surface area contributed by atoms with Crippen LogP contribution in [-0.2, 0) is 39.0 Å². The summed E-state index contributed by atoms with van der Waals surface area (Å²) in [6.07, 6.45) is -4.45. The summed E-state index contributed by atoms with van der Waals surface area (Å²) in [5.41, 5.74) is 0.991. The molecular weight excluding hydrogens is 405 g/mol. The van der Waals surface area contributed by atoms with E-state index in [-0.39, 0.29) is 23.6 Å². The van der Waals surface area contributed by atoms with Crippen molar-refractivity contribution >= 4 is 17.4 Å². The summed E-state index contributed by atoms with van der Waals surface area (Å²) in [4.78, 5) is 22.1. The molecule has 0 atom stereocenters. The van der Waals surface area contributed by atoms with Gasteiger partial charge in [-0.15, -0.1) is 0 Å². The van der Waals surface area contributed by atoms with Crippen LogP contribution in [0.1, 0.15) is 35.0 Å². The molecule has 8 nitrogen and oxygen atoms in total. The molecule has 0 saturated carbocycles. The molecule has 2 aromatic rings. The maximum absolute atomic E-state index is 12.9. The number of halogens is 3. The second-order valence-corrected chi connectivity index (χ2v) is 6.18. The number of rotatable bonds is 7. The first-order valence-corrected chi connectivity index (χ1v) is 8.66. The average molecular weight is 426 g/mol. The van der Waals surface area contributed by atoms with E-state index in [1.165, 1.54) is 38.0 Å². The van der Waals surface area contributed by atoms with Crippen molar-refractivity contribution in [1.29, 1.82) is 0 Å². The van der Waals surface area contributed by atoms with E-state index in [0.29, 0.717) is 17.0 Å². The van der Waals surface area contributed by atoms with E-state index < -0.39 is 17.7 Å².